The van der Waals surface area contributed by atoms with Gasteiger partial charge >= 0.3 is 0 Å². The maximum Gasteiger partial charge on any atom is 0.0776 e. The van der Waals surface area contributed by atoms with Crippen LogP contribution in [0.15, 0.2) is 0 Å². The second-order valence-electron chi connectivity index (χ2n) is 5.11. The molecule has 0 aromatic rings. The van der Waals surface area contributed by atoms with Gasteiger partial charge in [-0.15, -0.1) is 0 Å². The molecular formula is C11H22O2. The molecular weight excluding hydrogens is 164 g/mol. The minimum Gasteiger partial charge on any atom is -0.391 e. The first-order valence-corrected chi connectivity index (χ1v) is 5.29. The van der Waals surface area contributed by atoms with Gasteiger partial charge in [0.15, 0.2) is 0 Å². The van der Waals surface area contributed by atoms with Gasteiger partial charge in [-0.05, 0) is 33.1 Å². The molecule has 1 aliphatic rings. The Balaban J connectivity index is 2.06. The molecule has 1 fully saturated rings. The molecule has 0 aromatic carbocycles. The van der Waals surface area contributed by atoms with Crippen LogP contribution in [0.1, 0.15) is 46.5 Å². The summed E-state index contributed by atoms with van der Waals surface area (Å²) in [6.45, 7) is 6.54. The predicted octanol–water partition coefficient (Wildman–Crippen LogP) is 2.35. The van der Waals surface area contributed by atoms with E-state index in [4.69, 9.17) is 4.74 Å². The molecule has 0 saturated heterocycles. The van der Waals surface area contributed by atoms with E-state index in [-0.39, 0.29) is 11.7 Å². The topological polar surface area (TPSA) is 29.5 Å². The lowest BCUT2D eigenvalue weighted by atomic mass is 9.81. The highest BCUT2D eigenvalue weighted by Crippen LogP contribution is 2.30. The van der Waals surface area contributed by atoms with Crippen molar-refractivity contribution in [3.63, 3.8) is 0 Å². The van der Waals surface area contributed by atoms with Gasteiger partial charge in [0.2, 0.25) is 0 Å². The zero-order chi connectivity index (χ0) is 9.90. The molecule has 2 nitrogen and oxygen atoms in total. The van der Waals surface area contributed by atoms with Gasteiger partial charge in [0.05, 0.1) is 18.3 Å². The standard InChI is InChI=1S/C11H22O2/c1-11(2,3)13-8-10(12)7-9-5-4-6-9/h9-10,12H,4-8H2,1-3H3. The molecule has 0 spiro atoms. The molecule has 0 bridgehead atoms. The quantitative estimate of drug-likeness (QED) is 0.730. The van der Waals surface area contributed by atoms with Crippen LogP contribution < -0.4 is 0 Å². The minimum absolute atomic E-state index is 0.124. The van der Waals surface area contributed by atoms with Crippen LogP contribution in [-0.4, -0.2) is 23.4 Å². The maximum absolute atomic E-state index is 9.62. The SMILES string of the molecule is CC(C)(C)OCC(O)CC1CCC1. The number of aliphatic hydroxyl groups excluding tert-OH is 1. The van der Waals surface area contributed by atoms with Gasteiger partial charge in [0.25, 0.3) is 0 Å². The summed E-state index contributed by atoms with van der Waals surface area (Å²) in [7, 11) is 0. The fourth-order valence-electron chi connectivity index (χ4n) is 1.53. The van der Waals surface area contributed by atoms with Gasteiger partial charge in [0.1, 0.15) is 0 Å². The second-order valence-corrected chi connectivity index (χ2v) is 5.11. The summed E-state index contributed by atoms with van der Waals surface area (Å²) >= 11 is 0. The molecule has 0 heterocycles. The molecule has 0 aromatic heterocycles. The van der Waals surface area contributed by atoms with Crippen LogP contribution in [0.2, 0.25) is 0 Å². The Morgan fingerprint density at radius 3 is 2.38 bits per heavy atom. The van der Waals surface area contributed by atoms with Crippen molar-refractivity contribution in [1.29, 1.82) is 0 Å². The highest BCUT2D eigenvalue weighted by molar-refractivity contribution is 4.73. The average Bonchev–Trinajstić information content (AvgIpc) is 1.91. The Kier molecular flexibility index (Phi) is 3.74. The fraction of sp³-hybridized carbons (Fsp3) is 1.00. The third-order valence-corrected chi connectivity index (χ3v) is 2.54. The summed E-state index contributed by atoms with van der Waals surface area (Å²) in [6, 6.07) is 0. The fourth-order valence-corrected chi connectivity index (χ4v) is 1.53. The third-order valence-electron chi connectivity index (χ3n) is 2.54. The lowest BCUT2D eigenvalue weighted by Gasteiger charge is -2.29. The Morgan fingerprint density at radius 1 is 1.38 bits per heavy atom. The van der Waals surface area contributed by atoms with Crippen molar-refractivity contribution in [2.24, 2.45) is 5.92 Å². The zero-order valence-electron chi connectivity index (χ0n) is 9.05. The van der Waals surface area contributed by atoms with Gasteiger partial charge < -0.3 is 9.84 Å². The predicted molar refractivity (Wildman–Crippen MR) is 53.7 cm³/mol. The number of ether oxygens (including phenoxy) is 1. The van der Waals surface area contributed by atoms with Crippen LogP contribution in [0.4, 0.5) is 0 Å². The van der Waals surface area contributed by atoms with Crippen LogP contribution in [0, 0.1) is 5.92 Å². The molecule has 1 unspecified atom stereocenters. The van der Waals surface area contributed by atoms with Crippen molar-refractivity contribution in [3.8, 4) is 0 Å². The highest BCUT2D eigenvalue weighted by Gasteiger charge is 2.22. The molecule has 13 heavy (non-hydrogen) atoms. The molecule has 78 valence electrons. The molecule has 0 amide bonds. The van der Waals surface area contributed by atoms with Crippen LogP contribution in [0.3, 0.4) is 0 Å². The van der Waals surface area contributed by atoms with Gasteiger partial charge in [-0.2, -0.15) is 0 Å². The van der Waals surface area contributed by atoms with Crippen LogP contribution >= 0.6 is 0 Å². The van der Waals surface area contributed by atoms with E-state index in [1.807, 2.05) is 20.8 Å². The Morgan fingerprint density at radius 2 is 2.00 bits per heavy atom. The first-order valence-electron chi connectivity index (χ1n) is 5.29. The molecule has 1 N–H and O–H groups in total. The zero-order valence-corrected chi connectivity index (χ0v) is 9.05. The van der Waals surface area contributed by atoms with Crippen molar-refractivity contribution in [1.82, 2.24) is 0 Å². The van der Waals surface area contributed by atoms with E-state index in [1.165, 1.54) is 19.3 Å². The molecule has 1 rings (SSSR count). The average molecular weight is 186 g/mol. The summed E-state index contributed by atoms with van der Waals surface area (Å²) in [4.78, 5) is 0. The van der Waals surface area contributed by atoms with Gasteiger partial charge in [-0.3, -0.25) is 0 Å². The second kappa shape index (κ2) is 4.43. The normalized spacial score (nSPS) is 21.2. The van der Waals surface area contributed by atoms with Gasteiger partial charge in [0, 0.05) is 0 Å². The summed E-state index contributed by atoms with van der Waals surface area (Å²) in [5.74, 6) is 0.763. The molecule has 0 radical (unpaired) electrons. The first kappa shape index (κ1) is 11.0. The van der Waals surface area contributed by atoms with E-state index in [2.05, 4.69) is 0 Å². The summed E-state index contributed by atoms with van der Waals surface area (Å²) in [5.41, 5.74) is -0.124. The van der Waals surface area contributed by atoms with Crippen molar-refractivity contribution in [2.75, 3.05) is 6.61 Å². The number of hydrogen-bond donors (Lipinski definition) is 1. The van der Waals surface area contributed by atoms with E-state index >= 15 is 0 Å². The van der Waals surface area contributed by atoms with Crippen molar-refractivity contribution in [3.05, 3.63) is 0 Å². The molecule has 1 saturated carbocycles. The van der Waals surface area contributed by atoms with Crippen LogP contribution in [-0.2, 0) is 4.74 Å². The largest absolute Gasteiger partial charge is 0.391 e. The summed E-state index contributed by atoms with van der Waals surface area (Å²) < 4.78 is 5.51. The number of aliphatic hydroxyl groups is 1. The lowest BCUT2D eigenvalue weighted by Crippen LogP contribution is -2.28. The monoisotopic (exact) mass is 186 g/mol. The minimum atomic E-state index is -0.260. The molecule has 1 atom stereocenters. The Hall–Kier alpha value is -0.0800. The van der Waals surface area contributed by atoms with Crippen molar-refractivity contribution < 1.29 is 9.84 Å². The van der Waals surface area contributed by atoms with Crippen LogP contribution in [0.25, 0.3) is 0 Å². The molecule has 2 heteroatoms. The highest BCUT2D eigenvalue weighted by atomic mass is 16.5. The van der Waals surface area contributed by atoms with Crippen LogP contribution in [0.5, 0.6) is 0 Å². The molecule has 0 aliphatic heterocycles. The van der Waals surface area contributed by atoms with Crippen molar-refractivity contribution >= 4 is 0 Å². The van der Waals surface area contributed by atoms with E-state index in [0.29, 0.717) is 6.61 Å². The van der Waals surface area contributed by atoms with Gasteiger partial charge in [-0.25, -0.2) is 0 Å². The van der Waals surface area contributed by atoms with E-state index in [0.717, 1.165) is 12.3 Å². The van der Waals surface area contributed by atoms with Crippen molar-refractivity contribution in [2.45, 2.75) is 58.2 Å². The summed E-state index contributed by atoms with van der Waals surface area (Å²) in [5, 5.41) is 9.62. The van der Waals surface area contributed by atoms with Gasteiger partial charge in [-0.1, -0.05) is 19.3 Å². The Labute approximate surface area is 81.3 Å². The summed E-state index contributed by atoms with van der Waals surface area (Å²) in [6.07, 6.45) is 4.61. The van der Waals surface area contributed by atoms with E-state index in [1.54, 1.807) is 0 Å². The number of rotatable bonds is 4. The first-order chi connectivity index (χ1) is 5.97. The lowest BCUT2D eigenvalue weighted by molar-refractivity contribution is -0.0567. The number of hydrogen-bond acceptors (Lipinski definition) is 2. The third kappa shape index (κ3) is 4.63. The smallest absolute Gasteiger partial charge is 0.0776 e. The Bertz CT molecular complexity index is 145. The molecule has 1 aliphatic carbocycles. The van der Waals surface area contributed by atoms with E-state index in [9.17, 15) is 5.11 Å². The maximum atomic E-state index is 9.62. The van der Waals surface area contributed by atoms with E-state index < -0.39 is 0 Å².